The highest BCUT2D eigenvalue weighted by atomic mass is 19.1. The van der Waals surface area contributed by atoms with E-state index in [1.54, 1.807) is 7.11 Å². The van der Waals surface area contributed by atoms with Crippen molar-refractivity contribution >= 4 is 5.69 Å². The number of ether oxygens (including phenoxy) is 1. The number of aryl methyl sites for hydroxylation is 1. The highest BCUT2D eigenvalue weighted by Gasteiger charge is 2.10. The van der Waals surface area contributed by atoms with Gasteiger partial charge in [-0.2, -0.15) is 0 Å². The van der Waals surface area contributed by atoms with E-state index in [2.05, 4.69) is 5.32 Å². The summed E-state index contributed by atoms with van der Waals surface area (Å²) in [6.07, 6.45) is 0. The zero-order valence-electron chi connectivity index (χ0n) is 11.2. The van der Waals surface area contributed by atoms with Gasteiger partial charge in [-0.1, -0.05) is 6.07 Å². The molecule has 0 heterocycles. The molecule has 0 aliphatic carbocycles. The lowest BCUT2D eigenvalue weighted by Crippen LogP contribution is -2.02. The Labute approximate surface area is 115 Å². The minimum Gasteiger partial charge on any atom is -0.503 e. The van der Waals surface area contributed by atoms with Crippen LogP contribution in [0.15, 0.2) is 30.3 Å². The molecule has 0 spiro atoms. The third-order valence-corrected chi connectivity index (χ3v) is 2.92. The average Bonchev–Trinajstić information content (AvgIpc) is 2.43. The maximum absolute atomic E-state index is 13.2. The van der Waals surface area contributed by atoms with Gasteiger partial charge in [-0.25, -0.2) is 8.78 Å². The summed E-state index contributed by atoms with van der Waals surface area (Å²) in [6, 6.07) is 7.78. The smallest absolute Gasteiger partial charge is 0.187 e. The average molecular weight is 279 g/mol. The Morgan fingerprint density at radius 2 is 1.80 bits per heavy atom. The van der Waals surface area contributed by atoms with Gasteiger partial charge < -0.3 is 15.2 Å². The molecule has 0 fully saturated rings. The number of nitrogens with one attached hydrogen (secondary N) is 1. The molecule has 2 aromatic carbocycles. The van der Waals surface area contributed by atoms with Crippen LogP contribution in [-0.4, -0.2) is 12.2 Å². The van der Waals surface area contributed by atoms with Gasteiger partial charge in [0.05, 0.1) is 12.8 Å². The van der Waals surface area contributed by atoms with E-state index in [-0.39, 0.29) is 6.54 Å². The molecule has 0 amide bonds. The maximum Gasteiger partial charge on any atom is 0.187 e. The van der Waals surface area contributed by atoms with Crippen LogP contribution in [0, 0.1) is 18.6 Å². The lowest BCUT2D eigenvalue weighted by molar-refractivity contribution is 0.395. The first-order valence-electron chi connectivity index (χ1n) is 6.06. The molecule has 0 bridgehead atoms. The number of hydrogen-bond donors (Lipinski definition) is 2. The summed E-state index contributed by atoms with van der Waals surface area (Å²) < 4.78 is 31.7. The Bertz CT molecular complexity index is 606. The SMILES string of the molecule is COc1cc(C)ccc1NCc1cc(F)c(O)c(F)c1. The second-order valence-corrected chi connectivity index (χ2v) is 4.47. The van der Waals surface area contributed by atoms with Crippen LogP contribution >= 0.6 is 0 Å². The van der Waals surface area contributed by atoms with E-state index in [1.165, 1.54) is 0 Å². The minimum absolute atomic E-state index is 0.216. The van der Waals surface area contributed by atoms with Crippen molar-refractivity contribution in [2.45, 2.75) is 13.5 Å². The van der Waals surface area contributed by atoms with Crippen LogP contribution in [0.4, 0.5) is 14.5 Å². The number of hydrogen-bond acceptors (Lipinski definition) is 3. The van der Waals surface area contributed by atoms with E-state index < -0.39 is 17.4 Å². The zero-order valence-corrected chi connectivity index (χ0v) is 11.2. The molecule has 0 saturated carbocycles. The van der Waals surface area contributed by atoms with Crippen molar-refractivity contribution in [1.82, 2.24) is 0 Å². The number of anilines is 1. The first-order valence-corrected chi connectivity index (χ1v) is 6.06. The molecule has 2 N–H and O–H groups in total. The van der Waals surface area contributed by atoms with Crippen molar-refractivity contribution in [3.8, 4) is 11.5 Å². The van der Waals surface area contributed by atoms with Gasteiger partial charge in [0.15, 0.2) is 17.4 Å². The summed E-state index contributed by atoms with van der Waals surface area (Å²) in [7, 11) is 1.56. The van der Waals surface area contributed by atoms with Crippen LogP contribution < -0.4 is 10.1 Å². The normalized spacial score (nSPS) is 10.4. The fraction of sp³-hybridized carbons (Fsp3) is 0.200. The van der Waals surface area contributed by atoms with Crippen LogP contribution in [0.5, 0.6) is 11.5 Å². The zero-order chi connectivity index (χ0) is 14.7. The Morgan fingerprint density at radius 3 is 2.40 bits per heavy atom. The quantitative estimate of drug-likeness (QED) is 0.898. The molecule has 0 atom stereocenters. The first-order chi connectivity index (χ1) is 9.51. The van der Waals surface area contributed by atoms with Crippen molar-refractivity contribution in [3.05, 3.63) is 53.1 Å². The highest BCUT2D eigenvalue weighted by Crippen LogP contribution is 2.27. The maximum atomic E-state index is 13.2. The van der Waals surface area contributed by atoms with Gasteiger partial charge in [0.2, 0.25) is 0 Å². The number of phenols is 1. The van der Waals surface area contributed by atoms with E-state index >= 15 is 0 Å². The Hall–Kier alpha value is -2.30. The predicted octanol–water partition coefficient (Wildman–Crippen LogP) is 3.60. The van der Waals surface area contributed by atoms with E-state index in [0.29, 0.717) is 11.3 Å². The summed E-state index contributed by atoms with van der Waals surface area (Å²) in [4.78, 5) is 0. The van der Waals surface area contributed by atoms with E-state index in [4.69, 9.17) is 9.84 Å². The molecular formula is C15H15F2NO2. The fourth-order valence-corrected chi connectivity index (χ4v) is 1.86. The highest BCUT2D eigenvalue weighted by molar-refractivity contribution is 5.57. The van der Waals surface area contributed by atoms with Gasteiger partial charge >= 0.3 is 0 Å². The van der Waals surface area contributed by atoms with Crippen molar-refractivity contribution in [3.63, 3.8) is 0 Å². The number of methoxy groups -OCH3 is 1. The Kier molecular flexibility index (Phi) is 4.08. The molecule has 5 heteroatoms. The molecule has 0 saturated heterocycles. The number of phenolic OH excluding ortho intramolecular Hbond substituents is 1. The van der Waals surface area contributed by atoms with Crippen LogP contribution in [0.2, 0.25) is 0 Å². The van der Waals surface area contributed by atoms with Gasteiger partial charge in [-0.15, -0.1) is 0 Å². The van der Waals surface area contributed by atoms with E-state index in [1.807, 2.05) is 25.1 Å². The van der Waals surface area contributed by atoms with Gasteiger partial charge in [0, 0.05) is 6.54 Å². The summed E-state index contributed by atoms with van der Waals surface area (Å²) in [5.74, 6) is -2.25. The molecule has 3 nitrogen and oxygen atoms in total. The second-order valence-electron chi connectivity index (χ2n) is 4.47. The molecule has 0 aromatic heterocycles. The lowest BCUT2D eigenvalue weighted by atomic mass is 10.1. The molecule has 0 unspecified atom stereocenters. The van der Waals surface area contributed by atoms with Crippen LogP contribution in [0.25, 0.3) is 0 Å². The number of aromatic hydroxyl groups is 1. The van der Waals surface area contributed by atoms with Crippen LogP contribution in [0.3, 0.4) is 0 Å². The first kappa shape index (κ1) is 14.1. The fourth-order valence-electron chi connectivity index (χ4n) is 1.86. The van der Waals surface area contributed by atoms with Crippen molar-refractivity contribution < 1.29 is 18.6 Å². The Morgan fingerprint density at radius 1 is 1.15 bits per heavy atom. The third-order valence-electron chi connectivity index (χ3n) is 2.92. The van der Waals surface area contributed by atoms with E-state index in [9.17, 15) is 8.78 Å². The van der Waals surface area contributed by atoms with Crippen LogP contribution in [0.1, 0.15) is 11.1 Å². The van der Waals surface area contributed by atoms with E-state index in [0.717, 1.165) is 23.4 Å². The summed E-state index contributed by atoms with van der Waals surface area (Å²) >= 11 is 0. The van der Waals surface area contributed by atoms with Crippen molar-refractivity contribution in [2.75, 3.05) is 12.4 Å². The molecule has 0 aliphatic heterocycles. The van der Waals surface area contributed by atoms with Gasteiger partial charge in [0.1, 0.15) is 5.75 Å². The second kappa shape index (κ2) is 5.77. The molecular weight excluding hydrogens is 264 g/mol. The molecule has 2 rings (SSSR count). The number of halogens is 2. The predicted molar refractivity (Wildman–Crippen MR) is 73.1 cm³/mol. The molecule has 106 valence electrons. The third kappa shape index (κ3) is 2.99. The monoisotopic (exact) mass is 279 g/mol. The standard InChI is InChI=1S/C15H15F2NO2/c1-9-3-4-13(14(5-9)20-2)18-8-10-6-11(16)15(19)12(17)7-10/h3-7,18-19H,8H2,1-2H3. The molecule has 0 radical (unpaired) electrons. The summed E-state index contributed by atoms with van der Waals surface area (Å²) in [5, 5.41) is 12.1. The Balaban J connectivity index is 2.17. The molecule has 0 aliphatic rings. The largest absolute Gasteiger partial charge is 0.503 e. The van der Waals surface area contributed by atoms with Crippen LogP contribution in [-0.2, 0) is 6.54 Å². The summed E-state index contributed by atoms with van der Waals surface area (Å²) in [5.41, 5.74) is 2.17. The van der Waals surface area contributed by atoms with Crippen molar-refractivity contribution in [2.24, 2.45) is 0 Å². The molecule has 2 aromatic rings. The number of benzene rings is 2. The van der Waals surface area contributed by atoms with Crippen molar-refractivity contribution in [1.29, 1.82) is 0 Å². The number of rotatable bonds is 4. The van der Waals surface area contributed by atoms with Gasteiger partial charge in [-0.05, 0) is 42.3 Å². The minimum atomic E-state index is -0.974. The van der Waals surface area contributed by atoms with Gasteiger partial charge in [-0.3, -0.25) is 0 Å². The summed E-state index contributed by atoms with van der Waals surface area (Å²) in [6.45, 7) is 2.16. The topological polar surface area (TPSA) is 41.5 Å². The molecule has 20 heavy (non-hydrogen) atoms. The van der Waals surface area contributed by atoms with Gasteiger partial charge in [0.25, 0.3) is 0 Å². The lowest BCUT2D eigenvalue weighted by Gasteiger charge is -2.12.